The number of rotatable bonds is 8. The molecule has 0 bridgehead atoms. The minimum absolute atomic E-state index is 0.0119. The third-order valence-electron chi connectivity index (χ3n) is 3.53. The van der Waals surface area contributed by atoms with Crippen LogP contribution in [0.15, 0.2) is 0 Å². The molecule has 1 aliphatic heterocycles. The molecular formula is C12H22O11. The lowest BCUT2D eigenvalue weighted by atomic mass is 9.98. The van der Waals surface area contributed by atoms with Crippen molar-refractivity contribution >= 4 is 6.29 Å². The minimum Gasteiger partial charge on any atom is -0.394 e. The first-order valence-electron chi connectivity index (χ1n) is 6.84. The molecule has 0 saturated carbocycles. The van der Waals surface area contributed by atoms with Gasteiger partial charge in [-0.15, -0.1) is 0 Å². The third kappa shape index (κ3) is 4.64. The third-order valence-corrected chi connectivity index (χ3v) is 3.53. The highest BCUT2D eigenvalue weighted by Gasteiger charge is 2.46. The Kier molecular flexibility index (Phi) is 7.89. The molecule has 0 spiro atoms. The largest absolute Gasteiger partial charge is 0.394 e. The van der Waals surface area contributed by atoms with Crippen molar-refractivity contribution in [3.8, 4) is 0 Å². The number of aldehydes is 1. The molecule has 1 heterocycles. The van der Waals surface area contributed by atoms with E-state index in [9.17, 15) is 35.4 Å². The molecule has 1 aliphatic rings. The van der Waals surface area contributed by atoms with E-state index in [0.29, 0.717) is 0 Å². The van der Waals surface area contributed by atoms with E-state index >= 15 is 0 Å². The standard InChI is InChI=1S/C12H22O11/c13-1-4(16)7(18)11(5(17)2-14)23-12-10(21)9(20)8(19)6(3-15)22-12/h2,4-13,15-21H,1,3H2/t4-,5+,6-,7-,8+,9+,10-,11-,12+/m1/s1. The zero-order valence-corrected chi connectivity index (χ0v) is 12.0. The Morgan fingerprint density at radius 3 is 2.13 bits per heavy atom. The van der Waals surface area contributed by atoms with Gasteiger partial charge in [-0.05, 0) is 0 Å². The van der Waals surface area contributed by atoms with E-state index < -0.39 is 68.3 Å². The van der Waals surface area contributed by atoms with Crippen molar-refractivity contribution in [3.63, 3.8) is 0 Å². The number of ether oxygens (including phenoxy) is 2. The summed E-state index contributed by atoms with van der Waals surface area (Å²) in [5.74, 6) is 0. The Balaban J connectivity index is 2.91. The quantitative estimate of drug-likeness (QED) is 0.196. The second kappa shape index (κ2) is 8.94. The van der Waals surface area contributed by atoms with Crippen LogP contribution in [0, 0.1) is 0 Å². The lowest BCUT2D eigenvalue weighted by Gasteiger charge is -2.41. The molecule has 0 unspecified atom stereocenters. The van der Waals surface area contributed by atoms with E-state index in [4.69, 9.17) is 19.7 Å². The summed E-state index contributed by atoms with van der Waals surface area (Å²) < 4.78 is 10.0. The molecule has 0 aliphatic carbocycles. The van der Waals surface area contributed by atoms with Crippen molar-refractivity contribution in [1.29, 1.82) is 0 Å². The summed E-state index contributed by atoms with van der Waals surface area (Å²) in [5.41, 5.74) is 0. The molecule has 0 aromatic carbocycles. The van der Waals surface area contributed by atoms with Gasteiger partial charge in [0.15, 0.2) is 12.6 Å². The van der Waals surface area contributed by atoms with Crippen molar-refractivity contribution in [1.82, 2.24) is 0 Å². The Hall–Kier alpha value is -0.730. The van der Waals surface area contributed by atoms with Gasteiger partial charge in [-0.2, -0.15) is 0 Å². The molecular weight excluding hydrogens is 320 g/mol. The SMILES string of the molecule is O=C[C@H](O)[C@@H](O[C@@H]1O[C@H](CO)[C@H](O)[C@H](O)[C@H]1O)[C@H](O)[C@H](O)CO. The number of hydrogen-bond donors (Lipinski definition) is 8. The molecule has 0 aromatic rings. The topological polar surface area (TPSA) is 197 Å². The number of hydrogen-bond acceptors (Lipinski definition) is 11. The van der Waals surface area contributed by atoms with Crippen molar-refractivity contribution in [3.05, 3.63) is 0 Å². The van der Waals surface area contributed by atoms with Crippen LogP contribution in [-0.2, 0) is 14.3 Å². The summed E-state index contributed by atoms with van der Waals surface area (Å²) >= 11 is 0. The summed E-state index contributed by atoms with van der Waals surface area (Å²) in [5, 5.41) is 75.6. The number of aliphatic hydroxyl groups is 8. The fraction of sp³-hybridized carbons (Fsp3) is 0.917. The maximum absolute atomic E-state index is 10.7. The summed E-state index contributed by atoms with van der Waals surface area (Å²) in [6.07, 6.45) is -15.7. The van der Waals surface area contributed by atoms with Crippen LogP contribution in [0.1, 0.15) is 0 Å². The monoisotopic (exact) mass is 342 g/mol. The highest BCUT2D eigenvalue weighted by molar-refractivity contribution is 5.56. The van der Waals surface area contributed by atoms with Crippen LogP contribution in [0.25, 0.3) is 0 Å². The van der Waals surface area contributed by atoms with Crippen molar-refractivity contribution < 1.29 is 55.1 Å². The van der Waals surface area contributed by atoms with Crippen molar-refractivity contribution in [2.75, 3.05) is 13.2 Å². The second-order valence-electron chi connectivity index (χ2n) is 5.17. The van der Waals surface area contributed by atoms with E-state index in [1.165, 1.54) is 0 Å². The average molecular weight is 342 g/mol. The van der Waals surface area contributed by atoms with Gasteiger partial charge < -0.3 is 55.1 Å². The summed E-state index contributed by atoms with van der Waals surface area (Å²) in [4.78, 5) is 10.7. The molecule has 0 radical (unpaired) electrons. The van der Waals surface area contributed by atoms with Gasteiger partial charge in [0, 0.05) is 0 Å². The Bertz CT molecular complexity index is 365. The van der Waals surface area contributed by atoms with Crippen LogP contribution >= 0.6 is 0 Å². The summed E-state index contributed by atoms with van der Waals surface area (Å²) in [6, 6.07) is 0. The van der Waals surface area contributed by atoms with E-state index in [2.05, 4.69) is 0 Å². The highest BCUT2D eigenvalue weighted by atomic mass is 16.7. The first-order chi connectivity index (χ1) is 10.8. The molecule has 136 valence electrons. The van der Waals surface area contributed by atoms with Gasteiger partial charge in [-0.1, -0.05) is 0 Å². The van der Waals surface area contributed by atoms with E-state index in [1.54, 1.807) is 0 Å². The predicted octanol–water partition coefficient (Wildman–Crippen LogP) is -5.55. The molecule has 8 N–H and O–H groups in total. The second-order valence-corrected chi connectivity index (χ2v) is 5.17. The van der Waals surface area contributed by atoms with E-state index in [1.807, 2.05) is 0 Å². The maximum Gasteiger partial charge on any atom is 0.187 e. The zero-order chi connectivity index (χ0) is 17.7. The Morgan fingerprint density at radius 2 is 1.65 bits per heavy atom. The fourth-order valence-electron chi connectivity index (χ4n) is 2.10. The number of aliphatic hydroxyl groups excluding tert-OH is 8. The van der Waals surface area contributed by atoms with Gasteiger partial charge >= 0.3 is 0 Å². The molecule has 0 amide bonds. The normalized spacial score (nSPS) is 37.0. The summed E-state index contributed by atoms with van der Waals surface area (Å²) in [6.45, 7) is -1.63. The van der Waals surface area contributed by atoms with E-state index in [-0.39, 0.29) is 6.29 Å². The van der Waals surface area contributed by atoms with Crippen LogP contribution in [0.4, 0.5) is 0 Å². The van der Waals surface area contributed by atoms with Gasteiger partial charge in [0.1, 0.15) is 48.8 Å². The van der Waals surface area contributed by atoms with Gasteiger partial charge in [0.05, 0.1) is 13.2 Å². The van der Waals surface area contributed by atoms with E-state index in [0.717, 1.165) is 0 Å². The minimum atomic E-state index is -1.95. The van der Waals surface area contributed by atoms with Gasteiger partial charge in [0.2, 0.25) is 0 Å². The van der Waals surface area contributed by atoms with Crippen LogP contribution in [0.5, 0.6) is 0 Å². The fourth-order valence-corrected chi connectivity index (χ4v) is 2.10. The molecule has 11 heteroatoms. The van der Waals surface area contributed by atoms with Crippen LogP contribution in [-0.4, -0.2) is 115 Å². The Morgan fingerprint density at radius 1 is 1.04 bits per heavy atom. The van der Waals surface area contributed by atoms with Crippen LogP contribution in [0.3, 0.4) is 0 Å². The Labute approximate surface area is 130 Å². The van der Waals surface area contributed by atoms with Gasteiger partial charge in [-0.25, -0.2) is 0 Å². The smallest absolute Gasteiger partial charge is 0.187 e. The molecule has 11 nitrogen and oxygen atoms in total. The maximum atomic E-state index is 10.7. The summed E-state index contributed by atoms with van der Waals surface area (Å²) in [7, 11) is 0. The van der Waals surface area contributed by atoms with Crippen LogP contribution in [0.2, 0.25) is 0 Å². The molecule has 1 rings (SSSR count). The lowest BCUT2D eigenvalue weighted by Crippen LogP contribution is -2.61. The number of carbonyl (C=O) groups excluding carboxylic acids is 1. The molecule has 9 atom stereocenters. The van der Waals surface area contributed by atoms with Crippen molar-refractivity contribution in [2.24, 2.45) is 0 Å². The molecule has 0 aromatic heterocycles. The number of carbonyl (C=O) groups is 1. The highest BCUT2D eigenvalue weighted by Crippen LogP contribution is 2.24. The first-order valence-corrected chi connectivity index (χ1v) is 6.84. The molecule has 1 fully saturated rings. The first kappa shape index (κ1) is 20.3. The van der Waals surface area contributed by atoms with Gasteiger partial charge in [-0.3, -0.25) is 0 Å². The van der Waals surface area contributed by atoms with Crippen LogP contribution < -0.4 is 0 Å². The van der Waals surface area contributed by atoms with Gasteiger partial charge in [0.25, 0.3) is 0 Å². The van der Waals surface area contributed by atoms with Crippen molar-refractivity contribution in [2.45, 2.75) is 55.1 Å². The molecule has 23 heavy (non-hydrogen) atoms. The molecule has 1 saturated heterocycles. The lowest BCUT2D eigenvalue weighted by molar-refractivity contribution is -0.324. The average Bonchev–Trinajstić information content (AvgIpc) is 2.57. The predicted molar refractivity (Wildman–Crippen MR) is 69.8 cm³/mol. The zero-order valence-electron chi connectivity index (χ0n) is 12.0.